The number of urea groups is 1. The lowest BCUT2D eigenvalue weighted by Crippen LogP contribution is -2.50. The van der Waals surface area contributed by atoms with E-state index in [9.17, 15) is 14.4 Å². The zero-order valence-corrected chi connectivity index (χ0v) is 21.1. The number of hydrogen-bond acceptors (Lipinski definition) is 8. The van der Waals surface area contributed by atoms with Gasteiger partial charge in [-0.2, -0.15) is 0 Å². The van der Waals surface area contributed by atoms with Crippen LogP contribution in [0.25, 0.3) is 0 Å². The van der Waals surface area contributed by atoms with E-state index >= 15 is 0 Å². The van der Waals surface area contributed by atoms with Crippen LogP contribution >= 0.6 is 0 Å². The van der Waals surface area contributed by atoms with Gasteiger partial charge >= 0.3 is 18.0 Å². The number of piperidine rings is 1. The average molecular weight is 490 g/mol. The molecule has 10 nitrogen and oxygen atoms in total. The smallest absolute Gasteiger partial charge is 0.338 e. The number of nitrogens with one attached hydrogen (secondary N) is 1. The Morgan fingerprint density at radius 2 is 1.86 bits per heavy atom. The standard InChI is InChI=1S/C25H35N3O7/c1-6-34-23(29)16-10-9-13-28(14-16)15-18-20(24(30)35-7-2)21(26-25(31)27(18)3)17-11-8-12-19(32-4)22(17)33-5/h8,11-12,16,21H,6-7,9-10,13-15H2,1-5H3,(H,26,31)/t16-,21+/m0/s1. The highest BCUT2D eigenvalue weighted by Crippen LogP contribution is 2.40. The summed E-state index contributed by atoms with van der Waals surface area (Å²) in [6.45, 7) is 5.57. The van der Waals surface area contributed by atoms with Crippen molar-refractivity contribution in [1.29, 1.82) is 0 Å². The monoisotopic (exact) mass is 489 g/mol. The maximum absolute atomic E-state index is 13.3. The molecule has 2 heterocycles. The quantitative estimate of drug-likeness (QED) is 0.528. The van der Waals surface area contributed by atoms with Gasteiger partial charge in [0, 0.05) is 31.4 Å². The number of esters is 2. The molecule has 2 aliphatic heterocycles. The lowest BCUT2D eigenvalue weighted by Gasteiger charge is -2.38. The van der Waals surface area contributed by atoms with Gasteiger partial charge in [-0.15, -0.1) is 0 Å². The number of ether oxygens (including phenoxy) is 4. The Morgan fingerprint density at radius 3 is 2.51 bits per heavy atom. The number of carbonyl (C=O) groups is 3. The van der Waals surface area contributed by atoms with Gasteiger partial charge in [0.1, 0.15) is 0 Å². The van der Waals surface area contributed by atoms with E-state index in [1.165, 1.54) is 19.1 Å². The maximum Gasteiger partial charge on any atom is 0.338 e. The average Bonchev–Trinajstić information content (AvgIpc) is 2.86. The zero-order valence-electron chi connectivity index (χ0n) is 21.1. The molecule has 0 saturated carbocycles. The van der Waals surface area contributed by atoms with E-state index in [0.717, 1.165) is 19.4 Å². The van der Waals surface area contributed by atoms with Gasteiger partial charge in [-0.25, -0.2) is 9.59 Å². The van der Waals surface area contributed by atoms with E-state index in [0.29, 0.717) is 48.0 Å². The van der Waals surface area contributed by atoms with Gasteiger partial charge in [-0.05, 0) is 39.3 Å². The van der Waals surface area contributed by atoms with Crippen LogP contribution in [0.4, 0.5) is 4.79 Å². The van der Waals surface area contributed by atoms with Crippen molar-refractivity contribution in [3.05, 3.63) is 35.0 Å². The number of hydrogen-bond donors (Lipinski definition) is 1. The van der Waals surface area contributed by atoms with E-state index in [1.807, 2.05) is 0 Å². The Bertz CT molecular complexity index is 978. The summed E-state index contributed by atoms with van der Waals surface area (Å²) >= 11 is 0. The SMILES string of the molecule is CCOC(=O)C1=C(CN2CCC[C@H](C(=O)OCC)C2)N(C)C(=O)N[C@@H]1c1cccc(OC)c1OC. The zero-order chi connectivity index (χ0) is 25.5. The minimum Gasteiger partial charge on any atom is -0.493 e. The van der Waals surface area contributed by atoms with Crippen LogP contribution in [0.1, 0.15) is 38.3 Å². The minimum atomic E-state index is -0.802. The van der Waals surface area contributed by atoms with Gasteiger partial charge in [0.05, 0.1) is 45.0 Å². The van der Waals surface area contributed by atoms with Gasteiger partial charge in [0.15, 0.2) is 11.5 Å². The molecule has 1 aromatic rings. The Morgan fingerprint density at radius 1 is 1.11 bits per heavy atom. The molecule has 2 amide bonds. The van der Waals surface area contributed by atoms with Crippen LogP contribution in [0, 0.1) is 5.92 Å². The molecule has 0 aromatic heterocycles. The number of nitrogens with zero attached hydrogens (tertiary/aromatic N) is 2. The lowest BCUT2D eigenvalue weighted by molar-refractivity contribution is -0.150. The summed E-state index contributed by atoms with van der Waals surface area (Å²) in [6.07, 6.45) is 1.56. The summed E-state index contributed by atoms with van der Waals surface area (Å²) in [5.74, 6) is -0.0800. The molecule has 2 atom stereocenters. The number of para-hydroxylation sites is 1. The third kappa shape index (κ3) is 5.70. The molecular weight excluding hydrogens is 454 g/mol. The van der Waals surface area contributed by atoms with E-state index < -0.39 is 12.0 Å². The second-order valence-corrected chi connectivity index (χ2v) is 8.43. The predicted molar refractivity (Wildman–Crippen MR) is 128 cm³/mol. The van der Waals surface area contributed by atoms with Crippen LogP contribution in [0.15, 0.2) is 29.5 Å². The minimum absolute atomic E-state index is 0.184. The van der Waals surface area contributed by atoms with E-state index in [4.69, 9.17) is 18.9 Å². The largest absolute Gasteiger partial charge is 0.493 e. The number of carbonyl (C=O) groups excluding carboxylic acids is 3. The van der Waals surface area contributed by atoms with Crippen molar-refractivity contribution in [2.75, 3.05) is 54.1 Å². The molecule has 1 fully saturated rings. The topological polar surface area (TPSA) is 107 Å². The third-order valence-electron chi connectivity index (χ3n) is 6.32. The van der Waals surface area contributed by atoms with E-state index in [1.54, 1.807) is 39.1 Å². The summed E-state index contributed by atoms with van der Waals surface area (Å²) in [4.78, 5) is 42.2. The van der Waals surface area contributed by atoms with Crippen LogP contribution in [-0.4, -0.2) is 81.9 Å². The summed E-state index contributed by atoms with van der Waals surface area (Å²) in [5, 5.41) is 2.91. The predicted octanol–water partition coefficient (Wildman–Crippen LogP) is 2.49. The maximum atomic E-state index is 13.3. The van der Waals surface area contributed by atoms with Crippen LogP contribution in [0.5, 0.6) is 11.5 Å². The molecule has 192 valence electrons. The van der Waals surface area contributed by atoms with Crippen LogP contribution in [0.3, 0.4) is 0 Å². The fraction of sp³-hybridized carbons (Fsp3) is 0.560. The Kier molecular flexibility index (Phi) is 8.97. The van der Waals surface area contributed by atoms with Gasteiger partial charge in [0.25, 0.3) is 0 Å². The van der Waals surface area contributed by atoms with Crippen molar-refractivity contribution in [3.63, 3.8) is 0 Å². The van der Waals surface area contributed by atoms with Crippen molar-refractivity contribution in [3.8, 4) is 11.5 Å². The fourth-order valence-corrected chi connectivity index (χ4v) is 4.63. The van der Waals surface area contributed by atoms with Gasteiger partial charge < -0.3 is 24.3 Å². The highest BCUT2D eigenvalue weighted by atomic mass is 16.5. The molecule has 0 spiro atoms. The van der Waals surface area contributed by atoms with Gasteiger partial charge in [-0.1, -0.05) is 12.1 Å². The van der Waals surface area contributed by atoms with Crippen LogP contribution in [0.2, 0.25) is 0 Å². The second kappa shape index (κ2) is 11.9. The van der Waals surface area contributed by atoms with Crippen molar-refractivity contribution >= 4 is 18.0 Å². The first-order valence-corrected chi connectivity index (χ1v) is 11.9. The molecule has 10 heteroatoms. The summed E-state index contributed by atoms with van der Waals surface area (Å²) in [7, 11) is 4.66. The van der Waals surface area contributed by atoms with Gasteiger partial charge in [-0.3, -0.25) is 14.6 Å². The number of methoxy groups -OCH3 is 2. The number of benzene rings is 1. The molecule has 0 radical (unpaired) electrons. The van der Waals surface area contributed by atoms with Crippen molar-refractivity contribution < 1.29 is 33.3 Å². The van der Waals surface area contributed by atoms with Crippen LogP contribution in [-0.2, 0) is 19.1 Å². The summed E-state index contributed by atoms with van der Waals surface area (Å²) < 4.78 is 21.7. The van der Waals surface area contributed by atoms with Crippen molar-refractivity contribution in [2.24, 2.45) is 5.92 Å². The summed E-state index contributed by atoms with van der Waals surface area (Å²) in [6, 6.07) is 4.15. The number of likely N-dealkylation sites (N-methyl/N-ethyl adjacent to an activating group) is 1. The molecule has 35 heavy (non-hydrogen) atoms. The highest BCUT2D eigenvalue weighted by molar-refractivity contribution is 5.95. The summed E-state index contributed by atoms with van der Waals surface area (Å²) in [5.41, 5.74) is 1.42. The normalized spacial score (nSPS) is 20.8. The van der Waals surface area contributed by atoms with Crippen molar-refractivity contribution in [2.45, 2.75) is 32.7 Å². The van der Waals surface area contributed by atoms with Crippen LogP contribution < -0.4 is 14.8 Å². The van der Waals surface area contributed by atoms with E-state index in [-0.39, 0.29) is 24.5 Å². The first kappa shape index (κ1) is 26.3. The molecule has 3 rings (SSSR count). The molecule has 0 unspecified atom stereocenters. The molecular formula is C25H35N3O7. The Hall–Kier alpha value is -3.27. The Labute approximate surface area is 206 Å². The molecule has 1 N–H and O–H groups in total. The third-order valence-corrected chi connectivity index (χ3v) is 6.32. The van der Waals surface area contributed by atoms with Gasteiger partial charge in [0.2, 0.25) is 0 Å². The molecule has 1 saturated heterocycles. The first-order chi connectivity index (χ1) is 16.9. The number of likely N-dealkylation sites (tertiary alicyclic amines) is 1. The first-order valence-electron chi connectivity index (χ1n) is 11.9. The highest BCUT2D eigenvalue weighted by Gasteiger charge is 2.39. The molecule has 0 aliphatic carbocycles. The second-order valence-electron chi connectivity index (χ2n) is 8.43. The molecule has 0 bridgehead atoms. The number of rotatable bonds is 9. The van der Waals surface area contributed by atoms with Crippen molar-refractivity contribution in [1.82, 2.24) is 15.1 Å². The number of amides is 2. The molecule has 2 aliphatic rings. The molecule has 1 aromatic carbocycles. The fourth-order valence-electron chi connectivity index (χ4n) is 4.63. The lowest BCUT2D eigenvalue weighted by atomic mass is 9.92. The van der Waals surface area contributed by atoms with E-state index in [2.05, 4.69) is 10.2 Å². The Balaban J connectivity index is 2.05.